The summed E-state index contributed by atoms with van der Waals surface area (Å²) < 4.78 is 11.4. The van der Waals surface area contributed by atoms with Crippen LogP contribution in [0, 0.1) is 0 Å². The Morgan fingerprint density at radius 1 is 1.22 bits per heavy atom. The van der Waals surface area contributed by atoms with Gasteiger partial charge in [-0.3, -0.25) is 4.90 Å². The largest absolute Gasteiger partial charge is 0.347 e. The van der Waals surface area contributed by atoms with E-state index in [0.29, 0.717) is 5.15 Å². The molecule has 0 bridgehead atoms. The standard InChI is InChI=1S/C13H17ClN2O2/c14-12-2-1-11(9-15-12)10-16-5-3-13(4-6-16)17-7-8-18-13/h1-2,9H,3-8,10H2. The minimum atomic E-state index is -0.283. The van der Waals surface area contributed by atoms with Crippen molar-refractivity contribution in [3.63, 3.8) is 0 Å². The normalized spacial score (nSPS) is 23.6. The Kier molecular flexibility index (Phi) is 3.52. The van der Waals surface area contributed by atoms with Gasteiger partial charge in [-0.15, -0.1) is 0 Å². The van der Waals surface area contributed by atoms with Crippen LogP contribution < -0.4 is 0 Å². The fourth-order valence-corrected chi connectivity index (χ4v) is 2.71. The van der Waals surface area contributed by atoms with Crippen LogP contribution in [0.25, 0.3) is 0 Å². The van der Waals surface area contributed by atoms with Gasteiger partial charge < -0.3 is 9.47 Å². The third-order valence-corrected chi connectivity index (χ3v) is 3.85. The minimum absolute atomic E-state index is 0.283. The molecule has 5 heteroatoms. The van der Waals surface area contributed by atoms with E-state index in [1.54, 1.807) is 0 Å². The van der Waals surface area contributed by atoms with Crippen LogP contribution in [0.4, 0.5) is 0 Å². The maximum absolute atomic E-state index is 5.78. The molecule has 3 heterocycles. The van der Waals surface area contributed by atoms with Crippen molar-refractivity contribution in [2.75, 3.05) is 26.3 Å². The molecule has 1 spiro atoms. The van der Waals surface area contributed by atoms with Gasteiger partial charge in [0.2, 0.25) is 0 Å². The summed E-state index contributed by atoms with van der Waals surface area (Å²) in [6.45, 7) is 4.40. The fraction of sp³-hybridized carbons (Fsp3) is 0.615. The molecule has 0 aliphatic carbocycles. The van der Waals surface area contributed by atoms with Crippen LogP contribution in [0.2, 0.25) is 5.15 Å². The van der Waals surface area contributed by atoms with Gasteiger partial charge in [0.15, 0.2) is 5.79 Å². The highest BCUT2D eigenvalue weighted by molar-refractivity contribution is 6.29. The number of likely N-dealkylation sites (tertiary alicyclic amines) is 1. The molecule has 3 rings (SSSR count). The van der Waals surface area contributed by atoms with Gasteiger partial charge in [-0.25, -0.2) is 4.98 Å². The van der Waals surface area contributed by atoms with Crippen LogP contribution in [-0.2, 0) is 16.0 Å². The fourth-order valence-electron chi connectivity index (χ4n) is 2.60. The maximum Gasteiger partial charge on any atom is 0.170 e. The smallest absolute Gasteiger partial charge is 0.170 e. The van der Waals surface area contributed by atoms with E-state index in [0.717, 1.165) is 45.7 Å². The molecular formula is C13H17ClN2O2. The van der Waals surface area contributed by atoms with Crippen LogP contribution in [-0.4, -0.2) is 42.0 Å². The third-order valence-electron chi connectivity index (χ3n) is 3.63. The van der Waals surface area contributed by atoms with Crippen LogP contribution in [0.15, 0.2) is 18.3 Å². The van der Waals surface area contributed by atoms with Gasteiger partial charge in [-0.05, 0) is 11.6 Å². The average Bonchev–Trinajstić information content (AvgIpc) is 2.84. The predicted octanol–water partition coefficient (Wildman–Crippen LogP) is 2.07. The van der Waals surface area contributed by atoms with E-state index in [4.69, 9.17) is 21.1 Å². The Morgan fingerprint density at radius 2 is 1.94 bits per heavy atom. The van der Waals surface area contributed by atoms with Gasteiger partial charge in [0.1, 0.15) is 5.15 Å². The first-order valence-corrected chi connectivity index (χ1v) is 6.74. The van der Waals surface area contributed by atoms with E-state index < -0.39 is 0 Å². The summed E-state index contributed by atoms with van der Waals surface area (Å²) >= 11 is 5.78. The van der Waals surface area contributed by atoms with Crippen molar-refractivity contribution in [1.82, 2.24) is 9.88 Å². The zero-order valence-corrected chi connectivity index (χ0v) is 11.0. The Labute approximate surface area is 112 Å². The highest BCUT2D eigenvalue weighted by atomic mass is 35.5. The van der Waals surface area contributed by atoms with Gasteiger partial charge >= 0.3 is 0 Å². The number of hydrogen-bond acceptors (Lipinski definition) is 4. The molecule has 2 aliphatic rings. The molecule has 0 amide bonds. The van der Waals surface area contributed by atoms with Crippen molar-refractivity contribution >= 4 is 11.6 Å². The lowest BCUT2D eigenvalue weighted by atomic mass is 10.0. The number of aromatic nitrogens is 1. The molecule has 4 nitrogen and oxygen atoms in total. The Balaban J connectivity index is 1.55. The molecule has 2 fully saturated rings. The zero-order chi connectivity index (χ0) is 12.4. The molecule has 0 aromatic carbocycles. The summed E-state index contributed by atoms with van der Waals surface area (Å²) in [5.41, 5.74) is 1.20. The van der Waals surface area contributed by atoms with Crippen LogP contribution in [0.3, 0.4) is 0 Å². The number of hydrogen-bond donors (Lipinski definition) is 0. The Morgan fingerprint density at radius 3 is 2.56 bits per heavy atom. The Hall–Kier alpha value is -0.680. The van der Waals surface area contributed by atoms with E-state index in [-0.39, 0.29) is 5.79 Å². The minimum Gasteiger partial charge on any atom is -0.347 e. The number of pyridine rings is 1. The SMILES string of the molecule is Clc1ccc(CN2CCC3(CC2)OCCO3)cn1. The zero-order valence-electron chi connectivity index (χ0n) is 10.3. The van der Waals surface area contributed by atoms with Crippen molar-refractivity contribution in [3.05, 3.63) is 29.0 Å². The second kappa shape index (κ2) is 5.13. The Bertz CT molecular complexity index is 394. The highest BCUT2D eigenvalue weighted by Crippen LogP contribution is 2.31. The van der Waals surface area contributed by atoms with Crippen molar-refractivity contribution in [3.8, 4) is 0 Å². The van der Waals surface area contributed by atoms with Gasteiger partial charge in [-0.2, -0.15) is 0 Å². The first-order valence-electron chi connectivity index (χ1n) is 6.37. The number of ether oxygens (including phenoxy) is 2. The van der Waals surface area contributed by atoms with E-state index in [2.05, 4.69) is 9.88 Å². The van der Waals surface area contributed by atoms with E-state index in [9.17, 15) is 0 Å². The molecule has 0 atom stereocenters. The van der Waals surface area contributed by atoms with Crippen LogP contribution in [0.5, 0.6) is 0 Å². The molecule has 0 unspecified atom stereocenters. The molecule has 0 N–H and O–H groups in total. The number of nitrogens with zero attached hydrogens (tertiary/aromatic N) is 2. The number of piperidine rings is 1. The van der Waals surface area contributed by atoms with Gasteiger partial charge in [0.05, 0.1) is 13.2 Å². The summed E-state index contributed by atoms with van der Waals surface area (Å²) in [5.74, 6) is -0.283. The van der Waals surface area contributed by atoms with Crippen molar-refractivity contribution in [2.24, 2.45) is 0 Å². The van der Waals surface area contributed by atoms with Gasteiger partial charge in [-0.1, -0.05) is 17.7 Å². The summed E-state index contributed by atoms with van der Waals surface area (Å²) in [5, 5.41) is 0.545. The first-order chi connectivity index (χ1) is 8.76. The van der Waals surface area contributed by atoms with Crippen molar-refractivity contribution < 1.29 is 9.47 Å². The van der Waals surface area contributed by atoms with Gasteiger partial charge in [0, 0.05) is 38.7 Å². The van der Waals surface area contributed by atoms with Crippen LogP contribution >= 0.6 is 11.6 Å². The summed E-state index contributed by atoms with van der Waals surface area (Å²) in [4.78, 5) is 6.51. The molecular weight excluding hydrogens is 252 g/mol. The summed E-state index contributed by atoms with van der Waals surface area (Å²) in [6.07, 6.45) is 3.75. The molecule has 2 saturated heterocycles. The van der Waals surface area contributed by atoms with Crippen molar-refractivity contribution in [1.29, 1.82) is 0 Å². The highest BCUT2D eigenvalue weighted by Gasteiger charge is 2.39. The molecule has 0 saturated carbocycles. The number of halogens is 1. The maximum atomic E-state index is 5.78. The van der Waals surface area contributed by atoms with E-state index >= 15 is 0 Å². The lowest BCUT2D eigenvalue weighted by Crippen LogP contribution is -2.44. The molecule has 0 radical (unpaired) electrons. The first kappa shape index (κ1) is 12.4. The third kappa shape index (κ3) is 2.67. The topological polar surface area (TPSA) is 34.6 Å². The molecule has 1 aromatic heterocycles. The molecule has 98 valence electrons. The second-order valence-electron chi connectivity index (χ2n) is 4.87. The lowest BCUT2D eigenvalue weighted by molar-refractivity contribution is -0.185. The quantitative estimate of drug-likeness (QED) is 0.769. The average molecular weight is 269 g/mol. The van der Waals surface area contributed by atoms with E-state index in [1.807, 2.05) is 18.3 Å². The summed E-state index contributed by atoms with van der Waals surface area (Å²) in [6, 6.07) is 3.87. The molecule has 2 aliphatic heterocycles. The predicted molar refractivity (Wildman–Crippen MR) is 68.4 cm³/mol. The number of rotatable bonds is 2. The van der Waals surface area contributed by atoms with Crippen molar-refractivity contribution in [2.45, 2.75) is 25.2 Å². The molecule has 1 aromatic rings. The van der Waals surface area contributed by atoms with Crippen LogP contribution in [0.1, 0.15) is 18.4 Å². The summed E-state index contributed by atoms with van der Waals surface area (Å²) in [7, 11) is 0. The molecule has 18 heavy (non-hydrogen) atoms. The lowest BCUT2D eigenvalue weighted by Gasteiger charge is -2.37. The van der Waals surface area contributed by atoms with E-state index in [1.165, 1.54) is 5.56 Å². The monoisotopic (exact) mass is 268 g/mol. The van der Waals surface area contributed by atoms with Gasteiger partial charge in [0.25, 0.3) is 0 Å². The second-order valence-corrected chi connectivity index (χ2v) is 5.26.